The van der Waals surface area contributed by atoms with Gasteiger partial charge in [-0.15, -0.1) is 0 Å². The zero-order valence-corrected chi connectivity index (χ0v) is 18.9. The van der Waals surface area contributed by atoms with Crippen molar-refractivity contribution >= 4 is 29.7 Å². The molecule has 10 heteroatoms. The van der Waals surface area contributed by atoms with Crippen molar-refractivity contribution in [2.24, 2.45) is 28.6 Å². The van der Waals surface area contributed by atoms with E-state index < -0.39 is 70.6 Å². The Labute approximate surface area is 190 Å². The summed E-state index contributed by atoms with van der Waals surface area (Å²) in [7, 11) is 1.23. The van der Waals surface area contributed by atoms with Crippen LogP contribution in [-0.4, -0.2) is 59.4 Å². The van der Waals surface area contributed by atoms with Gasteiger partial charge < -0.3 is 24.4 Å². The van der Waals surface area contributed by atoms with Crippen molar-refractivity contribution in [1.82, 2.24) is 0 Å². The molecule has 0 spiro atoms. The summed E-state index contributed by atoms with van der Waals surface area (Å²) in [5.41, 5.74) is -2.31. The third-order valence-electron chi connectivity index (χ3n) is 7.35. The number of aliphatic hydroxyl groups is 1. The first-order valence-corrected chi connectivity index (χ1v) is 10.7. The fourth-order valence-corrected chi connectivity index (χ4v) is 5.86. The highest BCUT2D eigenvalue weighted by molar-refractivity contribution is 5.95. The number of carboxylic acids is 1. The maximum atomic E-state index is 13.7. The number of aliphatic carboxylic acids is 1. The molecule has 0 saturated heterocycles. The van der Waals surface area contributed by atoms with Crippen molar-refractivity contribution in [3.63, 3.8) is 0 Å². The lowest BCUT2D eigenvalue weighted by Crippen LogP contribution is -2.63. The van der Waals surface area contributed by atoms with Gasteiger partial charge in [0, 0.05) is 24.7 Å². The SMILES string of the molecule is COC(=O)[C@@H]1C[C@H](OC(C)=O)C(=O)[C@@H]2[C@@](C)(/C=C/C3=C[C@H](O)OC3=O)[C@H](C(=O)O)CC[C@]21C. The molecule has 0 amide bonds. The predicted octanol–water partition coefficient (Wildman–Crippen LogP) is 1.16. The Morgan fingerprint density at radius 3 is 2.39 bits per heavy atom. The number of esters is 3. The molecule has 10 nitrogen and oxygen atoms in total. The molecule has 3 rings (SSSR count). The maximum absolute atomic E-state index is 13.7. The normalized spacial score (nSPS) is 38.3. The minimum Gasteiger partial charge on any atom is -0.481 e. The lowest BCUT2D eigenvalue weighted by Gasteiger charge is -2.58. The molecular formula is C23H28O10. The lowest BCUT2D eigenvalue weighted by atomic mass is 9.44. The van der Waals surface area contributed by atoms with Gasteiger partial charge in [0.25, 0.3) is 0 Å². The van der Waals surface area contributed by atoms with Crippen molar-refractivity contribution in [1.29, 1.82) is 0 Å². The number of Topliss-reactive ketones (excluding diaryl/α,β-unsaturated/α-hetero) is 1. The Bertz CT molecular complexity index is 949. The van der Waals surface area contributed by atoms with Gasteiger partial charge in [-0.2, -0.15) is 0 Å². The molecule has 0 unspecified atom stereocenters. The molecule has 2 fully saturated rings. The first kappa shape index (κ1) is 24.6. The number of hydrogen-bond acceptors (Lipinski definition) is 9. The molecule has 0 aromatic heterocycles. The molecule has 0 aromatic rings. The van der Waals surface area contributed by atoms with Crippen LogP contribution in [0.15, 0.2) is 23.8 Å². The molecule has 0 aromatic carbocycles. The van der Waals surface area contributed by atoms with Gasteiger partial charge in [-0.05, 0) is 24.3 Å². The molecule has 33 heavy (non-hydrogen) atoms. The smallest absolute Gasteiger partial charge is 0.340 e. The molecule has 2 aliphatic carbocycles. The summed E-state index contributed by atoms with van der Waals surface area (Å²) in [6.45, 7) is 4.49. The van der Waals surface area contributed by atoms with E-state index in [1.165, 1.54) is 25.3 Å². The van der Waals surface area contributed by atoms with Crippen molar-refractivity contribution in [2.75, 3.05) is 7.11 Å². The number of aliphatic hydroxyl groups excluding tert-OH is 1. The van der Waals surface area contributed by atoms with Gasteiger partial charge in [0.15, 0.2) is 11.9 Å². The monoisotopic (exact) mass is 464 g/mol. The van der Waals surface area contributed by atoms with Gasteiger partial charge in [0.2, 0.25) is 6.29 Å². The van der Waals surface area contributed by atoms with Crippen molar-refractivity contribution in [2.45, 2.75) is 52.4 Å². The van der Waals surface area contributed by atoms with Crippen LogP contribution in [0, 0.1) is 28.6 Å². The number of carbonyl (C=O) groups is 5. The number of ether oxygens (including phenoxy) is 3. The van der Waals surface area contributed by atoms with Crippen LogP contribution >= 0.6 is 0 Å². The minimum atomic E-state index is -1.41. The number of carbonyl (C=O) groups excluding carboxylic acids is 4. The molecule has 0 bridgehead atoms. The molecule has 2 saturated carbocycles. The van der Waals surface area contributed by atoms with E-state index >= 15 is 0 Å². The number of fused-ring (bicyclic) bond motifs is 1. The zero-order chi connectivity index (χ0) is 24.7. The van der Waals surface area contributed by atoms with E-state index in [1.54, 1.807) is 13.8 Å². The summed E-state index contributed by atoms with van der Waals surface area (Å²) in [6.07, 6.45) is 1.69. The highest BCUT2D eigenvalue weighted by atomic mass is 16.6. The van der Waals surface area contributed by atoms with E-state index in [2.05, 4.69) is 4.74 Å². The van der Waals surface area contributed by atoms with Gasteiger partial charge in [-0.25, -0.2) is 4.79 Å². The van der Waals surface area contributed by atoms with E-state index in [1.807, 2.05) is 0 Å². The number of rotatable bonds is 5. The largest absolute Gasteiger partial charge is 0.481 e. The number of hydrogen-bond donors (Lipinski definition) is 2. The van der Waals surface area contributed by atoms with E-state index in [-0.39, 0.29) is 24.8 Å². The topological polar surface area (TPSA) is 154 Å². The summed E-state index contributed by atoms with van der Waals surface area (Å²) < 4.78 is 14.9. The summed E-state index contributed by atoms with van der Waals surface area (Å²) >= 11 is 0. The highest BCUT2D eigenvalue weighted by Crippen LogP contribution is 2.62. The van der Waals surface area contributed by atoms with Gasteiger partial charge in [0.1, 0.15) is 0 Å². The predicted molar refractivity (Wildman–Crippen MR) is 110 cm³/mol. The summed E-state index contributed by atoms with van der Waals surface area (Å²) in [6, 6.07) is 0. The molecule has 1 aliphatic heterocycles. The van der Waals surface area contributed by atoms with E-state index in [0.29, 0.717) is 0 Å². The number of cyclic esters (lactones) is 1. The molecule has 7 atom stereocenters. The highest BCUT2D eigenvalue weighted by Gasteiger charge is 2.65. The average molecular weight is 464 g/mol. The van der Waals surface area contributed by atoms with Crippen LogP contribution in [0.2, 0.25) is 0 Å². The first-order chi connectivity index (χ1) is 15.3. The fraction of sp³-hybridized carbons (Fsp3) is 0.609. The molecular weight excluding hydrogens is 436 g/mol. The quantitative estimate of drug-likeness (QED) is 0.447. The second kappa shape index (κ2) is 8.74. The van der Waals surface area contributed by atoms with E-state index in [9.17, 15) is 34.2 Å². The summed E-state index contributed by atoms with van der Waals surface area (Å²) in [5, 5.41) is 19.5. The Morgan fingerprint density at radius 1 is 1.21 bits per heavy atom. The Kier molecular flexibility index (Phi) is 6.52. The second-order valence-corrected chi connectivity index (χ2v) is 9.30. The minimum absolute atomic E-state index is 0.0180. The number of methoxy groups -OCH3 is 1. The molecule has 2 N–H and O–H groups in total. The van der Waals surface area contributed by atoms with Crippen LogP contribution in [0.1, 0.15) is 40.0 Å². The third kappa shape index (κ3) is 4.19. The van der Waals surface area contributed by atoms with Gasteiger partial charge >= 0.3 is 23.9 Å². The maximum Gasteiger partial charge on any atom is 0.340 e. The Balaban J connectivity index is 2.15. The van der Waals surface area contributed by atoms with Gasteiger partial charge in [-0.1, -0.05) is 26.0 Å². The van der Waals surface area contributed by atoms with Crippen LogP contribution in [-0.2, 0) is 38.2 Å². The Morgan fingerprint density at radius 2 is 1.88 bits per heavy atom. The number of ketones is 1. The molecule has 3 aliphatic rings. The first-order valence-electron chi connectivity index (χ1n) is 10.7. The van der Waals surface area contributed by atoms with Crippen molar-refractivity contribution in [3.8, 4) is 0 Å². The van der Waals surface area contributed by atoms with Crippen LogP contribution < -0.4 is 0 Å². The zero-order valence-electron chi connectivity index (χ0n) is 18.9. The average Bonchev–Trinajstić information content (AvgIpc) is 3.04. The fourth-order valence-electron chi connectivity index (χ4n) is 5.86. The van der Waals surface area contributed by atoms with Crippen LogP contribution in [0.5, 0.6) is 0 Å². The van der Waals surface area contributed by atoms with Crippen LogP contribution in [0.3, 0.4) is 0 Å². The number of carboxylic acid groups (broad SMARTS) is 1. The molecule has 1 heterocycles. The number of allylic oxidation sites excluding steroid dienone is 1. The molecule has 180 valence electrons. The lowest BCUT2D eigenvalue weighted by molar-refractivity contribution is -0.188. The Hall–Kier alpha value is -3.01. The molecule has 0 radical (unpaired) electrons. The van der Waals surface area contributed by atoms with Crippen molar-refractivity contribution in [3.05, 3.63) is 23.8 Å². The standard InChI is InChI=1S/C23H28O10/c1-11(24)32-15-10-14(21(30)31-4)23(3)8-6-13(19(27)28)22(2,18(23)17(15)26)7-5-12-9-16(25)33-20(12)29/h5,7,9,13-16,18,25H,6,8,10H2,1-4H3,(H,27,28)/b7-5+/t13-,14-,15-,16+,18+,22-,23-/m0/s1. The summed E-state index contributed by atoms with van der Waals surface area (Å²) in [5.74, 6) is -6.52. The third-order valence-corrected chi connectivity index (χ3v) is 7.35. The summed E-state index contributed by atoms with van der Waals surface area (Å²) in [4.78, 5) is 62.2. The van der Waals surface area contributed by atoms with E-state index in [4.69, 9.17) is 9.47 Å². The van der Waals surface area contributed by atoms with Crippen LogP contribution in [0.4, 0.5) is 0 Å². The van der Waals surface area contributed by atoms with Gasteiger partial charge in [0.05, 0.1) is 24.5 Å². The van der Waals surface area contributed by atoms with Crippen molar-refractivity contribution < 1.29 is 48.4 Å². The van der Waals surface area contributed by atoms with Gasteiger partial charge in [-0.3, -0.25) is 19.2 Å². The van der Waals surface area contributed by atoms with Crippen LogP contribution in [0.25, 0.3) is 0 Å². The second-order valence-electron chi connectivity index (χ2n) is 9.30. The van der Waals surface area contributed by atoms with E-state index in [0.717, 1.165) is 6.92 Å².